The monoisotopic (exact) mass is 288 g/mol. The second-order valence-corrected chi connectivity index (χ2v) is 4.99. The van der Waals surface area contributed by atoms with Gasteiger partial charge in [0.15, 0.2) is 0 Å². The van der Waals surface area contributed by atoms with E-state index in [4.69, 9.17) is 10.5 Å². The standard InChI is InChI=1S/C14H16N4OS/c1-11-16-14(18-17-11)20-10-9-19-13-6-4-12(5-7-13)3-2-8-15/h4-7H,8-10,15H2,1H3,(H,16,17,18). The van der Waals surface area contributed by atoms with E-state index in [0.717, 1.165) is 28.0 Å². The lowest BCUT2D eigenvalue weighted by Gasteiger charge is -2.04. The molecule has 2 rings (SSSR count). The van der Waals surface area contributed by atoms with Gasteiger partial charge in [0.2, 0.25) is 5.16 Å². The van der Waals surface area contributed by atoms with Crippen LogP contribution in [0.4, 0.5) is 0 Å². The molecule has 1 aromatic carbocycles. The molecule has 104 valence electrons. The van der Waals surface area contributed by atoms with Crippen LogP contribution in [-0.4, -0.2) is 34.1 Å². The molecule has 1 heterocycles. The second kappa shape index (κ2) is 7.58. The van der Waals surface area contributed by atoms with E-state index in [1.807, 2.05) is 31.2 Å². The number of hydrogen-bond acceptors (Lipinski definition) is 5. The van der Waals surface area contributed by atoms with E-state index in [1.54, 1.807) is 11.8 Å². The molecule has 0 aliphatic carbocycles. The van der Waals surface area contributed by atoms with Crippen LogP contribution in [-0.2, 0) is 0 Å². The summed E-state index contributed by atoms with van der Waals surface area (Å²) in [6.45, 7) is 2.85. The number of nitrogens with two attached hydrogens (primary N) is 1. The SMILES string of the molecule is Cc1nc(SCCOc2ccc(C#CCN)cc2)n[nH]1. The van der Waals surface area contributed by atoms with Crippen molar-refractivity contribution in [1.82, 2.24) is 15.2 Å². The van der Waals surface area contributed by atoms with Crippen LogP contribution in [0, 0.1) is 18.8 Å². The summed E-state index contributed by atoms with van der Waals surface area (Å²) in [7, 11) is 0. The lowest BCUT2D eigenvalue weighted by Crippen LogP contribution is -2.00. The highest BCUT2D eigenvalue weighted by molar-refractivity contribution is 7.99. The first-order chi connectivity index (χ1) is 9.78. The fourth-order valence-corrected chi connectivity index (χ4v) is 2.13. The zero-order valence-corrected chi connectivity index (χ0v) is 12.0. The number of aromatic nitrogens is 3. The van der Waals surface area contributed by atoms with Crippen LogP contribution in [0.1, 0.15) is 11.4 Å². The zero-order valence-electron chi connectivity index (χ0n) is 11.2. The van der Waals surface area contributed by atoms with Crippen molar-refractivity contribution >= 4 is 11.8 Å². The third kappa shape index (κ3) is 4.61. The van der Waals surface area contributed by atoms with Gasteiger partial charge in [0, 0.05) is 11.3 Å². The summed E-state index contributed by atoms with van der Waals surface area (Å²) in [5, 5.41) is 7.60. The minimum atomic E-state index is 0.371. The van der Waals surface area contributed by atoms with E-state index < -0.39 is 0 Å². The molecular weight excluding hydrogens is 272 g/mol. The Labute approximate surface area is 122 Å². The highest BCUT2D eigenvalue weighted by Gasteiger charge is 2.00. The highest BCUT2D eigenvalue weighted by Crippen LogP contribution is 2.14. The molecule has 6 heteroatoms. The fourth-order valence-electron chi connectivity index (χ4n) is 1.47. The van der Waals surface area contributed by atoms with E-state index in [9.17, 15) is 0 Å². The van der Waals surface area contributed by atoms with Crippen molar-refractivity contribution in [3.05, 3.63) is 35.7 Å². The number of benzene rings is 1. The highest BCUT2D eigenvalue weighted by atomic mass is 32.2. The molecule has 0 saturated heterocycles. The van der Waals surface area contributed by atoms with E-state index in [-0.39, 0.29) is 0 Å². The van der Waals surface area contributed by atoms with Crippen molar-refractivity contribution in [2.24, 2.45) is 5.73 Å². The number of thioether (sulfide) groups is 1. The Bertz CT molecular complexity index is 598. The molecule has 0 unspecified atom stereocenters. The van der Waals surface area contributed by atoms with Crippen molar-refractivity contribution in [1.29, 1.82) is 0 Å². The third-order valence-corrected chi connectivity index (χ3v) is 3.16. The first-order valence-electron chi connectivity index (χ1n) is 6.21. The van der Waals surface area contributed by atoms with Crippen molar-refractivity contribution in [3.8, 4) is 17.6 Å². The van der Waals surface area contributed by atoms with Gasteiger partial charge in [-0.2, -0.15) is 0 Å². The molecule has 1 aromatic heterocycles. The van der Waals surface area contributed by atoms with Gasteiger partial charge in [-0.05, 0) is 31.2 Å². The number of hydrogen-bond donors (Lipinski definition) is 2. The summed E-state index contributed by atoms with van der Waals surface area (Å²) in [4.78, 5) is 4.21. The van der Waals surface area contributed by atoms with Crippen molar-refractivity contribution in [2.45, 2.75) is 12.1 Å². The number of aromatic amines is 1. The summed E-state index contributed by atoms with van der Waals surface area (Å²) in [6.07, 6.45) is 0. The minimum absolute atomic E-state index is 0.371. The maximum absolute atomic E-state index is 5.63. The smallest absolute Gasteiger partial charge is 0.208 e. The molecule has 2 aromatic rings. The molecule has 0 atom stereocenters. The Morgan fingerprint density at radius 3 is 2.80 bits per heavy atom. The van der Waals surface area contributed by atoms with Crippen LogP contribution >= 0.6 is 11.8 Å². The molecule has 0 radical (unpaired) electrons. The van der Waals surface area contributed by atoms with E-state index >= 15 is 0 Å². The van der Waals surface area contributed by atoms with Gasteiger partial charge in [-0.1, -0.05) is 23.6 Å². The molecule has 0 aliphatic heterocycles. The Kier molecular flexibility index (Phi) is 5.47. The van der Waals surface area contributed by atoms with Crippen molar-refractivity contribution in [2.75, 3.05) is 18.9 Å². The molecule has 0 bridgehead atoms. The summed E-state index contributed by atoms with van der Waals surface area (Å²) < 4.78 is 5.63. The van der Waals surface area contributed by atoms with Gasteiger partial charge >= 0.3 is 0 Å². The number of nitrogens with one attached hydrogen (secondary N) is 1. The number of aryl methyl sites for hydroxylation is 1. The summed E-state index contributed by atoms with van der Waals surface area (Å²) >= 11 is 1.56. The summed E-state index contributed by atoms with van der Waals surface area (Å²) in [5.74, 6) is 8.23. The molecule has 0 fully saturated rings. The van der Waals surface area contributed by atoms with Crippen LogP contribution in [0.25, 0.3) is 0 Å². The zero-order chi connectivity index (χ0) is 14.2. The van der Waals surface area contributed by atoms with Gasteiger partial charge in [-0.3, -0.25) is 5.10 Å². The van der Waals surface area contributed by atoms with Gasteiger partial charge in [0.25, 0.3) is 0 Å². The van der Waals surface area contributed by atoms with Crippen LogP contribution in [0.3, 0.4) is 0 Å². The molecule has 0 aliphatic rings. The van der Waals surface area contributed by atoms with Gasteiger partial charge < -0.3 is 10.5 Å². The molecule has 0 amide bonds. The van der Waals surface area contributed by atoms with Gasteiger partial charge in [-0.25, -0.2) is 4.98 Å². The maximum atomic E-state index is 5.63. The number of H-pyrrole nitrogens is 1. The normalized spacial score (nSPS) is 9.90. The van der Waals surface area contributed by atoms with Crippen LogP contribution < -0.4 is 10.5 Å². The number of nitrogens with zero attached hydrogens (tertiary/aromatic N) is 2. The minimum Gasteiger partial charge on any atom is -0.493 e. The third-order valence-electron chi connectivity index (χ3n) is 2.35. The van der Waals surface area contributed by atoms with E-state index in [1.165, 1.54) is 0 Å². The van der Waals surface area contributed by atoms with E-state index in [0.29, 0.717) is 13.2 Å². The lowest BCUT2D eigenvalue weighted by atomic mass is 10.2. The average molecular weight is 288 g/mol. The van der Waals surface area contributed by atoms with Crippen molar-refractivity contribution in [3.63, 3.8) is 0 Å². The molecular formula is C14H16N4OS. The first kappa shape index (κ1) is 14.4. The quantitative estimate of drug-likeness (QED) is 0.496. The van der Waals surface area contributed by atoms with Gasteiger partial charge in [0.1, 0.15) is 11.6 Å². The largest absolute Gasteiger partial charge is 0.493 e. The van der Waals surface area contributed by atoms with E-state index in [2.05, 4.69) is 27.0 Å². The summed E-state index contributed by atoms with van der Waals surface area (Å²) in [6, 6.07) is 7.65. The molecule has 0 spiro atoms. The van der Waals surface area contributed by atoms with Gasteiger partial charge in [-0.15, -0.1) is 5.10 Å². The Morgan fingerprint density at radius 2 is 2.15 bits per heavy atom. The maximum Gasteiger partial charge on any atom is 0.208 e. The van der Waals surface area contributed by atoms with Crippen LogP contribution in [0.2, 0.25) is 0 Å². The fraction of sp³-hybridized carbons (Fsp3) is 0.286. The Morgan fingerprint density at radius 1 is 1.35 bits per heavy atom. The topological polar surface area (TPSA) is 76.8 Å². The first-order valence-corrected chi connectivity index (χ1v) is 7.20. The molecule has 0 saturated carbocycles. The van der Waals surface area contributed by atoms with Crippen molar-refractivity contribution < 1.29 is 4.74 Å². The molecule has 3 N–H and O–H groups in total. The lowest BCUT2D eigenvalue weighted by molar-refractivity contribution is 0.344. The van der Waals surface area contributed by atoms with Crippen LogP contribution in [0.5, 0.6) is 5.75 Å². The number of rotatable bonds is 5. The average Bonchev–Trinajstić information content (AvgIpc) is 2.88. The molecule has 5 nitrogen and oxygen atoms in total. The summed E-state index contributed by atoms with van der Waals surface area (Å²) in [5.41, 5.74) is 6.26. The van der Waals surface area contributed by atoms with Crippen LogP contribution in [0.15, 0.2) is 29.4 Å². The predicted octanol–water partition coefficient (Wildman–Crippen LogP) is 1.59. The van der Waals surface area contributed by atoms with Gasteiger partial charge in [0.05, 0.1) is 13.2 Å². The predicted molar refractivity (Wildman–Crippen MR) is 79.7 cm³/mol. The Balaban J connectivity index is 1.74. The molecule has 20 heavy (non-hydrogen) atoms. The number of ether oxygens (including phenoxy) is 1. The second-order valence-electron chi connectivity index (χ2n) is 3.93. The Hall–Kier alpha value is -1.97.